The van der Waals surface area contributed by atoms with E-state index in [1.54, 1.807) is 17.3 Å². The number of nitrogens with one attached hydrogen (secondary N) is 3. The maximum atomic E-state index is 13.6. The molecule has 1 fully saturated rings. The average molecular weight is 537 g/mol. The van der Waals surface area contributed by atoms with E-state index < -0.39 is 0 Å². The molecule has 1 aromatic carbocycles. The van der Waals surface area contributed by atoms with Crippen LogP contribution in [0, 0.1) is 0 Å². The molecular weight excluding hydrogens is 508 g/mol. The lowest BCUT2D eigenvalue weighted by molar-refractivity contribution is -0.117. The third-order valence-corrected chi connectivity index (χ3v) is 8.33. The van der Waals surface area contributed by atoms with E-state index in [0.29, 0.717) is 0 Å². The first kappa shape index (κ1) is 24.8. The van der Waals surface area contributed by atoms with Crippen molar-refractivity contribution in [3.63, 3.8) is 0 Å². The molecule has 0 saturated heterocycles. The summed E-state index contributed by atoms with van der Waals surface area (Å²) in [6.45, 7) is 7.87. The van der Waals surface area contributed by atoms with Gasteiger partial charge in [-0.3, -0.25) is 14.7 Å². The molecule has 1 aliphatic carbocycles. The van der Waals surface area contributed by atoms with E-state index >= 15 is 0 Å². The Hall–Kier alpha value is -4.50. The molecule has 6 rings (SSSR count). The molecule has 9 heteroatoms. The van der Waals surface area contributed by atoms with E-state index in [0.717, 1.165) is 74.8 Å². The lowest BCUT2D eigenvalue weighted by Crippen LogP contribution is -2.43. The summed E-state index contributed by atoms with van der Waals surface area (Å²) in [5.74, 6) is -0.149. The number of aromatic nitrogens is 2. The molecule has 3 aromatic heterocycles. The lowest BCUT2D eigenvalue weighted by Gasteiger charge is -2.32. The van der Waals surface area contributed by atoms with Gasteiger partial charge in [-0.1, -0.05) is 43.5 Å². The molecule has 2 aliphatic rings. The Morgan fingerprint density at radius 1 is 1.08 bits per heavy atom. The highest BCUT2D eigenvalue weighted by Gasteiger charge is 2.32. The number of rotatable bonds is 7. The van der Waals surface area contributed by atoms with Gasteiger partial charge in [0.15, 0.2) is 0 Å². The molecule has 0 spiro atoms. The average Bonchev–Trinajstić information content (AvgIpc) is 3.33. The summed E-state index contributed by atoms with van der Waals surface area (Å²) in [6.07, 6.45) is 8.49. The van der Waals surface area contributed by atoms with Gasteiger partial charge >= 0.3 is 6.03 Å². The van der Waals surface area contributed by atoms with Crippen molar-refractivity contribution in [3.05, 3.63) is 85.0 Å². The van der Waals surface area contributed by atoms with Gasteiger partial charge in [-0.25, -0.2) is 9.78 Å². The highest BCUT2D eigenvalue weighted by molar-refractivity contribution is 7.20. The topological polar surface area (TPSA) is 99.2 Å². The number of anilines is 3. The molecule has 4 aromatic rings. The van der Waals surface area contributed by atoms with Gasteiger partial charge in [-0.15, -0.1) is 11.3 Å². The molecule has 3 amide bonds. The summed E-state index contributed by atoms with van der Waals surface area (Å²) >= 11 is 1.50. The number of hydrogen-bond acceptors (Lipinski definition) is 6. The molecule has 4 heterocycles. The first-order valence-electron chi connectivity index (χ1n) is 12.9. The number of nitrogens with zero attached hydrogens (tertiary/aromatic N) is 3. The van der Waals surface area contributed by atoms with Crippen LogP contribution in [0.15, 0.2) is 80.2 Å². The highest BCUT2D eigenvalue weighted by Crippen LogP contribution is 2.47. The third-order valence-electron chi connectivity index (χ3n) is 7.18. The molecule has 39 heavy (non-hydrogen) atoms. The molecule has 1 aliphatic heterocycles. The molecule has 1 saturated carbocycles. The van der Waals surface area contributed by atoms with Crippen LogP contribution in [-0.4, -0.2) is 34.0 Å². The predicted molar refractivity (Wildman–Crippen MR) is 157 cm³/mol. The molecular formula is C30H28N6O2S. The van der Waals surface area contributed by atoms with Crippen molar-refractivity contribution in [2.24, 2.45) is 0 Å². The van der Waals surface area contributed by atoms with Crippen LogP contribution in [0.2, 0.25) is 0 Å². The van der Waals surface area contributed by atoms with E-state index in [9.17, 15) is 9.59 Å². The van der Waals surface area contributed by atoms with Gasteiger partial charge in [0, 0.05) is 35.7 Å². The Labute approximate surface area is 230 Å². The SMILES string of the molecule is C=CC(=O)N[C@H]1CCCC(NC(=C)c2sc3nccc4c3c2NC(=O)N4c2ccnc(-c3ccccc3)c2)C1. The van der Waals surface area contributed by atoms with Crippen LogP contribution in [0.5, 0.6) is 0 Å². The van der Waals surface area contributed by atoms with E-state index in [1.165, 1.54) is 17.4 Å². The van der Waals surface area contributed by atoms with Crippen LogP contribution >= 0.6 is 11.3 Å². The van der Waals surface area contributed by atoms with Crippen molar-refractivity contribution >= 4 is 56.3 Å². The zero-order valence-corrected chi connectivity index (χ0v) is 22.1. The number of urea groups is 1. The van der Waals surface area contributed by atoms with Gasteiger partial charge in [0.25, 0.3) is 0 Å². The van der Waals surface area contributed by atoms with Gasteiger partial charge < -0.3 is 16.0 Å². The largest absolute Gasteiger partial charge is 0.382 e. The molecule has 1 unspecified atom stereocenters. The smallest absolute Gasteiger partial charge is 0.331 e. The maximum Gasteiger partial charge on any atom is 0.331 e. The van der Waals surface area contributed by atoms with Gasteiger partial charge in [0.2, 0.25) is 5.91 Å². The van der Waals surface area contributed by atoms with Gasteiger partial charge in [-0.2, -0.15) is 0 Å². The second-order valence-corrected chi connectivity index (χ2v) is 10.7. The summed E-state index contributed by atoms with van der Waals surface area (Å²) < 4.78 is 0. The quantitative estimate of drug-likeness (QED) is 0.244. The van der Waals surface area contributed by atoms with E-state index in [2.05, 4.69) is 39.1 Å². The number of pyridine rings is 2. The fourth-order valence-corrected chi connectivity index (χ4v) is 6.46. The Balaban J connectivity index is 1.30. The van der Waals surface area contributed by atoms with Crippen LogP contribution in [0.1, 0.15) is 30.6 Å². The summed E-state index contributed by atoms with van der Waals surface area (Å²) in [5, 5.41) is 10.6. The molecule has 2 atom stereocenters. The summed E-state index contributed by atoms with van der Waals surface area (Å²) in [5.41, 5.74) is 4.72. The minimum absolute atomic E-state index is 0.0954. The second-order valence-electron chi connectivity index (χ2n) is 9.74. The number of hydrogen-bond donors (Lipinski definition) is 3. The number of amides is 3. The zero-order valence-electron chi connectivity index (χ0n) is 21.3. The van der Waals surface area contributed by atoms with Gasteiger partial charge in [0.1, 0.15) is 4.83 Å². The van der Waals surface area contributed by atoms with Crippen molar-refractivity contribution in [1.29, 1.82) is 0 Å². The zero-order chi connectivity index (χ0) is 26.9. The first-order chi connectivity index (χ1) is 19.0. The summed E-state index contributed by atoms with van der Waals surface area (Å²) in [4.78, 5) is 37.8. The highest BCUT2D eigenvalue weighted by atomic mass is 32.1. The van der Waals surface area contributed by atoms with Gasteiger partial charge in [0.05, 0.1) is 33.0 Å². The van der Waals surface area contributed by atoms with E-state index in [-0.39, 0.29) is 24.0 Å². The summed E-state index contributed by atoms with van der Waals surface area (Å²) in [6, 6.07) is 15.5. The maximum absolute atomic E-state index is 13.6. The molecule has 8 nitrogen and oxygen atoms in total. The van der Waals surface area contributed by atoms with Crippen molar-refractivity contribution in [3.8, 4) is 11.3 Å². The number of benzene rings is 1. The lowest BCUT2D eigenvalue weighted by atomic mass is 9.90. The van der Waals surface area contributed by atoms with Crippen molar-refractivity contribution in [2.45, 2.75) is 37.8 Å². The number of carbonyl (C=O) groups excluding carboxylic acids is 2. The second kappa shape index (κ2) is 10.3. The van der Waals surface area contributed by atoms with Crippen LogP contribution in [0.3, 0.4) is 0 Å². The van der Waals surface area contributed by atoms with Crippen LogP contribution < -0.4 is 20.9 Å². The minimum atomic E-state index is -0.252. The Morgan fingerprint density at radius 2 is 1.85 bits per heavy atom. The van der Waals surface area contributed by atoms with Crippen molar-refractivity contribution in [1.82, 2.24) is 20.6 Å². The molecule has 196 valence electrons. The third kappa shape index (κ3) is 4.77. The van der Waals surface area contributed by atoms with E-state index in [1.807, 2.05) is 48.5 Å². The van der Waals surface area contributed by atoms with E-state index in [4.69, 9.17) is 0 Å². The first-order valence-corrected chi connectivity index (χ1v) is 13.8. The van der Waals surface area contributed by atoms with Crippen molar-refractivity contribution in [2.75, 3.05) is 10.2 Å². The molecule has 0 bridgehead atoms. The standard InChI is InChI=1S/C30H28N6O2S/c1-3-25(37)34-21-11-7-10-20(16-21)33-18(2)28-27-26-24(13-15-32-29(26)39-28)36(30(38)35-27)22-12-14-31-23(17-22)19-8-5-4-6-9-19/h3-6,8-9,12-15,17,20-21,33H,1-2,7,10-11,16H2,(H,34,37)(H,35,38)/t20?,21-/m0/s1. The Morgan fingerprint density at radius 3 is 2.64 bits per heavy atom. The minimum Gasteiger partial charge on any atom is -0.382 e. The fourth-order valence-electron chi connectivity index (χ4n) is 5.40. The van der Waals surface area contributed by atoms with Crippen LogP contribution in [-0.2, 0) is 4.79 Å². The summed E-state index contributed by atoms with van der Waals surface area (Å²) in [7, 11) is 0. The molecule has 0 radical (unpaired) electrons. The van der Waals surface area contributed by atoms with Crippen molar-refractivity contribution < 1.29 is 9.59 Å². The normalized spacial score (nSPS) is 18.4. The molecule has 3 N–H and O–H groups in total. The monoisotopic (exact) mass is 536 g/mol. The number of thiophene rings is 1. The van der Waals surface area contributed by atoms with Crippen LogP contribution in [0.4, 0.5) is 21.9 Å². The Kier molecular flexibility index (Phi) is 6.58. The Bertz CT molecular complexity index is 1600. The predicted octanol–water partition coefficient (Wildman–Crippen LogP) is 6.22. The number of carbonyl (C=O) groups is 2. The van der Waals surface area contributed by atoms with Gasteiger partial charge in [-0.05, 0) is 50.0 Å². The van der Waals surface area contributed by atoms with Crippen LogP contribution in [0.25, 0.3) is 27.2 Å². The fraction of sp³-hybridized carbons (Fsp3) is 0.200.